The first-order valence-electron chi connectivity index (χ1n) is 11.3. The summed E-state index contributed by atoms with van der Waals surface area (Å²) in [6.07, 6.45) is 0.333. The number of imide groups is 1. The molecule has 37 heavy (non-hydrogen) atoms. The van der Waals surface area contributed by atoms with Crippen LogP contribution in [0.2, 0.25) is 10.0 Å². The Kier molecular flexibility index (Phi) is 8.15. The maximum absolute atomic E-state index is 12.9. The lowest BCUT2D eigenvalue weighted by Gasteiger charge is -2.30. The first kappa shape index (κ1) is 27.0. The fourth-order valence-corrected chi connectivity index (χ4v) is 5.89. The zero-order valence-electron chi connectivity index (χ0n) is 20.0. The number of esters is 1. The van der Waals surface area contributed by atoms with E-state index in [4.69, 9.17) is 38.0 Å². The van der Waals surface area contributed by atoms with Gasteiger partial charge in [-0.3, -0.25) is 10.1 Å². The minimum atomic E-state index is -0.835. The fourth-order valence-electron chi connectivity index (χ4n) is 3.86. The van der Waals surface area contributed by atoms with E-state index in [2.05, 4.69) is 10.7 Å². The summed E-state index contributed by atoms with van der Waals surface area (Å²) in [6.45, 7) is 3.70. The number of hydrogen-bond acceptors (Lipinski definition) is 8. The molecule has 1 aromatic heterocycles. The van der Waals surface area contributed by atoms with Gasteiger partial charge in [0.1, 0.15) is 9.88 Å². The molecule has 0 spiro atoms. The van der Waals surface area contributed by atoms with Gasteiger partial charge in [0.15, 0.2) is 0 Å². The summed E-state index contributed by atoms with van der Waals surface area (Å²) in [7, 11) is 0. The van der Waals surface area contributed by atoms with Gasteiger partial charge >= 0.3 is 12.0 Å². The number of rotatable bonds is 8. The van der Waals surface area contributed by atoms with Crippen LogP contribution in [0.25, 0.3) is 11.3 Å². The third kappa shape index (κ3) is 5.63. The third-order valence-corrected chi connectivity index (χ3v) is 7.64. The maximum atomic E-state index is 12.9. The number of carbonyl (C=O) groups excluding carboxylic acids is 3. The molecule has 1 saturated heterocycles. The lowest BCUT2D eigenvalue weighted by Crippen LogP contribution is -2.59. The van der Waals surface area contributed by atoms with Gasteiger partial charge in [0.25, 0.3) is 0 Å². The molecule has 0 radical (unpaired) electrons. The molecule has 0 atom stereocenters. The summed E-state index contributed by atoms with van der Waals surface area (Å²) in [5.41, 5.74) is 4.03. The average Bonchev–Trinajstić information content (AvgIpc) is 3.31. The zero-order chi connectivity index (χ0) is 26.7. The topological polar surface area (TPSA) is 121 Å². The monoisotopic (exact) mass is 562 g/mol. The Morgan fingerprint density at radius 1 is 1.19 bits per heavy atom. The Morgan fingerprint density at radius 2 is 1.86 bits per heavy atom. The molecule has 0 aliphatic carbocycles. The van der Waals surface area contributed by atoms with Crippen molar-refractivity contribution >= 4 is 58.1 Å². The van der Waals surface area contributed by atoms with Crippen LogP contribution in [0.4, 0.5) is 10.5 Å². The van der Waals surface area contributed by atoms with Crippen LogP contribution in [0.3, 0.4) is 0 Å². The number of benzene rings is 2. The standard InChI is InChI=1S/C25H24Cl2N4O5S/c1-25(2,19-16(26)11-15(12-17(19)27)31-24(35)29-18(33)13-28-31)23-30-20(14-7-4-3-5-8-14)21(37-23)22(34)36-10-6-9-32/h3-5,7-8,11-12,28,32H,6,9-10,13H2,1-2H3,(H,29,33,35). The van der Waals surface area contributed by atoms with Crippen LogP contribution in [-0.2, 0) is 14.9 Å². The molecule has 0 bridgehead atoms. The minimum Gasteiger partial charge on any atom is -0.461 e. The number of hydrazine groups is 1. The van der Waals surface area contributed by atoms with Crippen LogP contribution in [-0.4, -0.2) is 47.8 Å². The summed E-state index contributed by atoms with van der Waals surface area (Å²) < 4.78 is 5.36. The van der Waals surface area contributed by atoms with E-state index in [0.717, 1.165) is 10.6 Å². The van der Waals surface area contributed by atoms with E-state index in [1.54, 1.807) is 12.1 Å². The number of nitrogens with zero attached hydrogens (tertiary/aromatic N) is 2. The predicted octanol–water partition coefficient (Wildman–Crippen LogP) is 4.54. The lowest BCUT2D eigenvalue weighted by molar-refractivity contribution is -0.119. The van der Waals surface area contributed by atoms with Crippen molar-refractivity contribution in [3.8, 4) is 11.3 Å². The number of amides is 3. The quantitative estimate of drug-likeness (QED) is 0.272. The number of aliphatic hydroxyl groups excluding tert-OH is 1. The summed E-state index contributed by atoms with van der Waals surface area (Å²) in [4.78, 5) is 41.8. The molecule has 194 valence electrons. The normalized spacial score (nSPS) is 14.0. The Labute approximate surface area is 227 Å². The number of aromatic nitrogens is 1. The summed E-state index contributed by atoms with van der Waals surface area (Å²) in [5.74, 6) is -0.976. The van der Waals surface area contributed by atoms with Crippen LogP contribution in [0.15, 0.2) is 42.5 Å². The van der Waals surface area contributed by atoms with Gasteiger partial charge in [-0.1, -0.05) is 53.5 Å². The van der Waals surface area contributed by atoms with E-state index in [-0.39, 0.29) is 29.8 Å². The van der Waals surface area contributed by atoms with Gasteiger partial charge in [0.2, 0.25) is 5.91 Å². The van der Waals surface area contributed by atoms with Crippen molar-refractivity contribution in [3.63, 3.8) is 0 Å². The second-order valence-corrected chi connectivity index (χ2v) is 10.5. The lowest BCUT2D eigenvalue weighted by atomic mass is 9.85. The highest BCUT2D eigenvalue weighted by atomic mass is 35.5. The first-order chi connectivity index (χ1) is 17.6. The van der Waals surface area contributed by atoms with Gasteiger partial charge < -0.3 is 9.84 Å². The SMILES string of the molecule is CC(C)(c1nc(-c2ccccc2)c(C(=O)OCCCO)s1)c1c(Cl)cc(N2NCC(=O)NC2=O)cc1Cl. The van der Waals surface area contributed by atoms with E-state index in [9.17, 15) is 14.4 Å². The number of carbonyl (C=O) groups is 3. The van der Waals surface area contributed by atoms with Crippen molar-refractivity contribution < 1.29 is 24.2 Å². The van der Waals surface area contributed by atoms with Gasteiger partial charge in [0, 0.05) is 39.6 Å². The molecular formula is C25H24Cl2N4O5S. The Hall–Kier alpha value is -3.02. The van der Waals surface area contributed by atoms with Crippen molar-refractivity contribution in [2.45, 2.75) is 25.7 Å². The van der Waals surface area contributed by atoms with Gasteiger partial charge in [-0.05, 0) is 26.0 Å². The molecule has 3 amide bonds. The van der Waals surface area contributed by atoms with E-state index in [0.29, 0.717) is 33.3 Å². The number of hydrogen-bond donors (Lipinski definition) is 3. The highest BCUT2D eigenvalue weighted by Gasteiger charge is 2.35. The van der Waals surface area contributed by atoms with Gasteiger partial charge in [-0.2, -0.15) is 0 Å². The molecule has 2 heterocycles. The number of urea groups is 1. The van der Waals surface area contributed by atoms with Gasteiger partial charge in [-0.25, -0.2) is 25.0 Å². The molecule has 3 aromatic rings. The van der Waals surface area contributed by atoms with E-state index >= 15 is 0 Å². The van der Waals surface area contributed by atoms with Crippen LogP contribution in [0, 0.1) is 0 Å². The molecule has 1 aliphatic rings. The van der Waals surface area contributed by atoms with Crippen LogP contribution in [0.5, 0.6) is 0 Å². The molecule has 12 heteroatoms. The molecule has 3 N–H and O–H groups in total. The second-order valence-electron chi connectivity index (χ2n) is 8.71. The zero-order valence-corrected chi connectivity index (χ0v) is 22.3. The number of nitrogens with one attached hydrogen (secondary N) is 2. The molecule has 1 fully saturated rings. The Balaban J connectivity index is 1.74. The number of aliphatic hydroxyl groups is 1. The number of thiazole rings is 1. The molecule has 0 saturated carbocycles. The van der Waals surface area contributed by atoms with E-state index in [1.807, 2.05) is 44.2 Å². The van der Waals surface area contributed by atoms with Crippen LogP contribution >= 0.6 is 34.5 Å². The Morgan fingerprint density at radius 3 is 2.49 bits per heavy atom. The van der Waals surface area contributed by atoms with Crippen LogP contribution in [0.1, 0.15) is 40.5 Å². The molecule has 0 unspecified atom stereocenters. The first-order valence-corrected chi connectivity index (χ1v) is 12.9. The summed E-state index contributed by atoms with van der Waals surface area (Å²) in [5, 5.41) is 13.6. The molecule has 9 nitrogen and oxygen atoms in total. The largest absolute Gasteiger partial charge is 0.461 e. The van der Waals surface area contributed by atoms with Crippen molar-refractivity contribution in [1.82, 2.24) is 15.7 Å². The van der Waals surface area contributed by atoms with Crippen molar-refractivity contribution in [1.29, 1.82) is 0 Å². The second kappa shape index (κ2) is 11.2. The fraction of sp³-hybridized carbons (Fsp3) is 0.280. The Bertz CT molecular complexity index is 1320. The highest BCUT2D eigenvalue weighted by molar-refractivity contribution is 7.14. The highest BCUT2D eigenvalue weighted by Crippen LogP contribution is 2.45. The summed E-state index contributed by atoms with van der Waals surface area (Å²) >= 11 is 14.6. The van der Waals surface area contributed by atoms with Crippen molar-refractivity contribution in [2.75, 3.05) is 24.8 Å². The minimum absolute atomic E-state index is 0.0766. The number of halogens is 2. The van der Waals surface area contributed by atoms with Crippen molar-refractivity contribution in [2.24, 2.45) is 0 Å². The van der Waals surface area contributed by atoms with Crippen molar-refractivity contribution in [3.05, 3.63) is 68.0 Å². The number of ether oxygens (including phenoxy) is 1. The smallest absolute Gasteiger partial charge is 0.350 e. The summed E-state index contributed by atoms with van der Waals surface area (Å²) in [6, 6.07) is 11.8. The van der Waals surface area contributed by atoms with E-state index in [1.165, 1.54) is 11.3 Å². The van der Waals surface area contributed by atoms with Gasteiger partial charge in [0.05, 0.1) is 24.5 Å². The number of anilines is 1. The predicted molar refractivity (Wildman–Crippen MR) is 142 cm³/mol. The average molecular weight is 563 g/mol. The van der Waals surface area contributed by atoms with Gasteiger partial charge in [-0.15, -0.1) is 11.3 Å². The molecule has 4 rings (SSSR count). The molecule has 1 aliphatic heterocycles. The third-order valence-electron chi connectivity index (χ3n) is 5.69. The van der Waals surface area contributed by atoms with E-state index < -0.39 is 23.3 Å². The maximum Gasteiger partial charge on any atom is 0.350 e. The molecule has 2 aromatic carbocycles. The van der Waals surface area contributed by atoms with Crippen LogP contribution < -0.4 is 15.8 Å². The molecular weight excluding hydrogens is 539 g/mol.